The van der Waals surface area contributed by atoms with Gasteiger partial charge in [-0.05, 0) is 42.3 Å². The van der Waals surface area contributed by atoms with E-state index in [0.29, 0.717) is 28.5 Å². The average molecular weight is 346 g/mol. The van der Waals surface area contributed by atoms with Crippen LogP contribution in [0.1, 0.15) is 18.9 Å². The van der Waals surface area contributed by atoms with Gasteiger partial charge in [-0.3, -0.25) is 10.1 Å². The fourth-order valence-electron chi connectivity index (χ4n) is 2.60. The SMILES string of the molecule is CCCn1c(NC(=O)Cc2ccc(Cl)cc2)nc2ccc(F)cc21. The van der Waals surface area contributed by atoms with E-state index in [1.54, 1.807) is 18.2 Å². The Labute approximate surface area is 144 Å². The number of rotatable bonds is 5. The summed E-state index contributed by atoms with van der Waals surface area (Å²) in [6, 6.07) is 11.5. The van der Waals surface area contributed by atoms with E-state index in [1.165, 1.54) is 12.1 Å². The Morgan fingerprint density at radius 3 is 2.71 bits per heavy atom. The van der Waals surface area contributed by atoms with Gasteiger partial charge in [0.15, 0.2) is 0 Å². The lowest BCUT2D eigenvalue weighted by Crippen LogP contribution is -2.18. The largest absolute Gasteiger partial charge is 0.310 e. The Balaban J connectivity index is 1.84. The van der Waals surface area contributed by atoms with Gasteiger partial charge in [0.25, 0.3) is 0 Å². The van der Waals surface area contributed by atoms with Gasteiger partial charge in [0, 0.05) is 11.6 Å². The van der Waals surface area contributed by atoms with Gasteiger partial charge in [0.05, 0.1) is 17.5 Å². The minimum absolute atomic E-state index is 0.176. The molecular formula is C18H17ClFN3O. The first kappa shape index (κ1) is 16.5. The van der Waals surface area contributed by atoms with Crippen molar-refractivity contribution < 1.29 is 9.18 Å². The molecule has 24 heavy (non-hydrogen) atoms. The van der Waals surface area contributed by atoms with E-state index in [0.717, 1.165) is 12.0 Å². The molecule has 4 nitrogen and oxygen atoms in total. The van der Waals surface area contributed by atoms with Crippen LogP contribution < -0.4 is 5.32 Å². The monoisotopic (exact) mass is 345 g/mol. The smallest absolute Gasteiger partial charge is 0.231 e. The number of aromatic nitrogens is 2. The van der Waals surface area contributed by atoms with Crippen LogP contribution in [0.2, 0.25) is 5.02 Å². The number of hydrogen-bond acceptors (Lipinski definition) is 2. The number of aryl methyl sites for hydroxylation is 1. The molecule has 0 aliphatic carbocycles. The van der Waals surface area contributed by atoms with Crippen LogP contribution >= 0.6 is 11.6 Å². The summed E-state index contributed by atoms with van der Waals surface area (Å²) in [5, 5.41) is 3.46. The van der Waals surface area contributed by atoms with Crippen molar-refractivity contribution in [2.24, 2.45) is 0 Å². The molecule has 0 unspecified atom stereocenters. The maximum Gasteiger partial charge on any atom is 0.231 e. The summed E-state index contributed by atoms with van der Waals surface area (Å²) < 4.78 is 15.3. The lowest BCUT2D eigenvalue weighted by molar-refractivity contribution is -0.115. The van der Waals surface area contributed by atoms with Crippen LogP contribution in [0.4, 0.5) is 10.3 Å². The van der Waals surface area contributed by atoms with Gasteiger partial charge >= 0.3 is 0 Å². The van der Waals surface area contributed by atoms with Gasteiger partial charge in [-0.1, -0.05) is 30.7 Å². The van der Waals surface area contributed by atoms with Crippen LogP contribution in [-0.4, -0.2) is 15.5 Å². The van der Waals surface area contributed by atoms with Gasteiger partial charge in [-0.2, -0.15) is 0 Å². The second kappa shape index (κ2) is 7.01. The van der Waals surface area contributed by atoms with Crippen LogP contribution in [0, 0.1) is 5.82 Å². The van der Waals surface area contributed by atoms with E-state index in [4.69, 9.17) is 11.6 Å². The zero-order valence-electron chi connectivity index (χ0n) is 13.2. The second-order valence-corrected chi connectivity index (χ2v) is 6.01. The van der Waals surface area contributed by atoms with Crippen molar-refractivity contribution in [1.82, 2.24) is 9.55 Å². The molecule has 0 saturated heterocycles. The quantitative estimate of drug-likeness (QED) is 0.744. The van der Waals surface area contributed by atoms with Gasteiger partial charge in [0.1, 0.15) is 5.82 Å². The van der Waals surface area contributed by atoms with Crippen LogP contribution in [0.15, 0.2) is 42.5 Å². The second-order valence-electron chi connectivity index (χ2n) is 5.57. The molecule has 0 radical (unpaired) electrons. The number of fused-ring (bicyclic) bond motifs is 1. The van der Waals surface area contributed by atoms with Crippen molar-refractivity contribution in [3.63, 3.8) is 0 Å². The van der Waals surface area contributed by atoms with E-state index in [2.05, 4.69) is 10.3 Å². The molecule has 124 valence electrons. The third kappa shape index (κ3) is 3.57. The topological polar surface area (TPSA) is 46.9 Å². The molecule has 1 amide bonds. The van der Waals surface area contributed by atoms with Crippen LogP contribution in [0.5, 0.6) is 0 Å². The summed E-state index contributed by atoms with van der Waals surface area (Å²) in [4.78, 5) is 16.7. The Morgan fingerprint density at radius 2 is 2.00 bits per heavy atom. The highest BCUT2D eigenvalue weighted by atomic mass is 35.5. The third-order valence-corrected chi connectivity index (χ3v) is 3.94. The average Bonchev–Trinajstić information content (AvgIpc) is 2.87. The zero-order chi connectivity index (χ0) is 17.1. The van der Waals surface area contributed by atoms with E-state index in [9.17, 15) is 9.18 Å². The standard InChI is InChI=1S/C18H17ClFN3O/c1-2-9-23-16-11-14(20)7-8-15(16)21-18(23)22-17(24)10-12-3-5-13(19)6-4-12/h3-8,11H,2,9-10H2,1H3,(H,21,22,24). The van der Waals surface area contributed by atoms with Crippen LogP contribution in [0.25, 0.3) is 11.0 Å². The molecule has 1 aromatic heterocycles. The maximum absolute atomic E-state index is 13.5. The molecule has 0 aliphatic heterocycles. The van der Waals surface area contributed by atoms with E-state index in [1.807, 2.05) is 23.6 Å². The number of imidazole rings is 1. The number of halogens is 2. The maximum atomic E-state index is 13.5. The number of anilines is 1. The highest BCUT2D eigenvalue weighted by molar-refractivity contribution is 6.30. The van der Waals surface area contributed by atoms with E-state index in [-0.39, 0.29) is 18.1 Å². The summed E-state index contributed by atoms with van der Waals surface area (Å²) >= 11 is 5.85. The number of carbonyl (C=O) groups is 1. The summed E-state index contributed by atoms with van der Waals surface area (Å²) in [6.45, 7) is 2.67. The molecule has 1 heterocycles. The minimum Gasteiger partial charge on any atom is -0.310 e. The predicted octanol–water partition coefficient (Wildman–Crippen LogP) is 4.42. The number of nitrogens with zero attached hydrogens (tertiary/aromatic N) is 2. The predicted molar refractivity (Wildman–Crippen MR) is 93.8 cm³/mol. The molecule has 0 fully saturated rings. The molecule has 0 bridgehead atoms. The highest BCUT2D eigenvalue weighted by Crippen LogP contribution is 2.21. The molecule has 6 heteroatoms. The van der Waals surface area contributed by atoms with Crippen molar-refractivity contribution in [3.8, 4) is 0 Å². The van der Waals surface area contributed by atoms with Crippen molar-refractivity contribution in [1.29, 1.82) is 0 Å². The first-order valence-electron chi connectivity index (χ1n) is 7.77. The normalized spacial score (nSPS) is 11.0. The van der Waals surface area contributed by atoms with Crippen LogP contribution in [-0.2, 0) is 17.8 Å². The molecule has 1 N–H and O–H groups in total. The Kier molecular flexibility index (Phi) is 4.81. The number of amides is 1. The fourth-order valence-corrected chi connectivity index (χ4v) is 2.72. The highest BCUT2D eigenvalue weighted by Gasteiger charge is 2.14. The summed E-state index contributed by atoms with van der Waals surface area (Å²) in [7, 11) is 0. The number of carbonyl (C=O) groups excluding carboxylic acids is 1. The Morgan fingerprint density at radius 1 is 1.25 bits per heavy atom. The molecule has 3 rings (SSSR count). The molecule has 3 aromatic rings. The molecule has 2 aromatic carbocycles. The molecular weight excluding hydrogens is 329 g/mol. The molecule has 0 spiro atoms. The summed E-state index contributed by atoms with van der Waals surface area (Å²) in [6.07, 6.45) is 1.07. The van der Waals surface area contributed by atoms with E-state index < -0.39 is 0 Å². The molecule has 0 atom stereocenters. The number of hydrogen-bond donors (Lipinski definition) is 1. The van der Waals surface area contributed by atoms with Gasteiger partial charge in [-0.15, -0.1) is 0 Å². The van der Waals surface area contributed by atoms with Gasteiger partial charge in [0.2, 0.25) is 11.9 Å². The van der Waals surface area contributed by atoms with Crippen LogP contribution in [0.3, 0.4) is 0 Å². The third-order valence-electron chi connectivity index (χ3n) is 3.69. The zero-order valence-corrected chi connectivity index (χ0v) is 14.0. The number of benzene rings is 2. The molecule has 0 saturated carbocycles. The molecule has 0 aliphatic rings. The lowest BCUT2D eigenvalue weighted by Gasteiger charge is -2.09. The van der Waals surface area contributed by atoms with E-state index >= 15 is 0 Å². The lowest BCUT2D eigenvalue weighted by atomic mass is 10.1. The first-order chi connectivity index (χ1) is 11.6. The fraction of sp³-hybridized carbons (Fsp3) is 0.222. The number of nitrogens with one attached hydrogen (secondary N) is 1. The van der Waals surface area contributed by atoms with Gasteiger partial charge < -0.3 is 4.57 Å². The Hall–Kier alpha value is -2.40. The van der Waals surface area contributed by atoms with Crippen molar-refractivity contribution in [2.45, 2.75) is 26.3 Å². The van der Waals surface area contributed by atoms with Crippen molar-refractivity contribution >= 4 is 34.5 Å². The van der Waals surface area contributed by atoms with Crippen molar-refractivity contribution in [3.05, 3.63) is 58.9 Å². The summed E-state index contributed by atoms with van der Waals surface area (Å²) in [5.41, 5.74) is 2.20. The van der Waals surface area contributed by atoms with Crippen molar-refractivity contribution in [2.75, 3.05) is 5.32 Å². The minimum atomic E-state index is -0.321. The Bertz CT molecular complexity index is 874. The first-order valence-corrected chi connectivity index (χ1v) is 8.14. The summed E-state index contributed by atoms with van der Waals surface area (Å²) in [5.74, 6) is -0.0549. The van der Waals surface area contributed by atoms with Gasteiger partial charge in [-0.25, -0.2) is 9.37 Å².